The van der Waals surface area contributed by atoms with Gasteiger partial charge in [-0.05, 0) is 38.5 Å². The third-order valence-corrected chi connectivity index (χ3v) is 3.90. The molecular formula is C18H21NO4. The molecule has 2 atom stereocenters. The van der Waals surface area contributed by atoms with Crippen molar-refractivity contribution in [3.8, 4) is 11.5 Å². The van der Waals surface area contributed by atoms with Gasteiger partial charge in [-0.25, -0.2) is 0 Å². The maximum Gasteiger partial charge on any atom is 0.322 e. The molecule has 5 nitrogen and oxygen atoms in total. The number of nitrogens with two attached hydrogens (primary N) is 1. The topological polar surface area (TPSA) is 70.8 Å². The molecule has 0 saturated heterocycles. The van der Waals surface area contributed by atoms with Gasteiger partial charge in [-0.3, -0.25) is 4.79 Å². The highest BCUT2D eigenvalue weighted by Gasteiger charge is 2.46. The quantitative estimate of drug-likeness (QED) is 0.849. The van der Waals surface area contributed by atoms with E-state index in [1.807, 2.05) is 39.0 Å². The summed E-state index contributed by atoms with van der Waals surface area (Å²) in [5.41, 5.74) is 5.34. The summed E-state index contributed by atoms with van der Waals surface area (Å²) in [7, 11) is 0. The van der Waals surface area contributed by atoms with E-state index in [1.54, 1.807) is 24.3 Å². The van der Waals surface area contributed by atoms with Crippen molar-refractivity contribution in [1.82, 2.24) is 0 Å². The van der Waals surface area contributed by atoms with Gasteiger partial charge < -0.3 is 19.9 Å². The SMILES string of the molecule is CC(C)(C)OC(=O)C1(c2ccc3c(c2)OCO3)C=CC=CC1N. The second kappa shape index (κ2) is 5.42. The van der Waals surface area contributed by atoms with Gasteiger partial charge in [-0.15, -0.1) is 0 Å². The van der Waals surface area contributed by atoms with E-state index in [-0.39, 0.29) is 12.8 Å². The molecule has 0 fully saturated rings. The maximum absolute atomic E-state index is 13.0. The summed E-state index contributed by atoms with van der Waals surface area (Å²) in [6.45, 7) is 5.70. The van der Waals surface area contributed by atoms with Gasteiger partial charge in [0.1, 0.15) is 11.0 Å². The Bertz CT molecular complexity index is 687. The van der Waals surface area contributed by atoms with Crippen LogP contribution in [0.3, 0.4) is 0 Å². The Morgan fingerprint density at radius 1 is 1.26 bits per heavy atom. The van der Waals surface area contributed by atoms with Gasteiger partial charge in [0.25, 0.3) is 0 Å². The van der Waals surface area contributed by atoms with Crippen LogP contribution in [0.2, 0.25) is 0 Å². The number of hydrogen-bond donors (Lipinski definition) is 1. The Balaban J connectivity index is 2.08. The van der Waals surface area contributed by atoms with Gasteiger partial charge in [-0.2, -0.15) is 0 Å². The monoisotopic (exact) mass is 315 g/mol. The zero-order valence-corrected chi connectivity index (χ0v) is 13.5. The predicted molar refractivity (Wildman–Crippen MR) is 86.3 cm³/mol. The average molecular weight is 315 g/mol. The van der Waals surface area contributed by atoms with E-state index in [1.165, 1.54) is 0 Å². The number of esters is 1. The maximum atomic E-state index is 13.0. The highest BCUT2D eigenvalue weighted by Crippen LogP contribution is 2.40. The van der Waals surface area contributed by atoms with Crippen LogP contribution < -0.4 is 15.2 Å². The molecule has 2 unspecified atom stereocenters. The van der Waals surface area contributed by atoms with Gasteiger partial charge >= 0.3 is 5.97 Å². The molecule has 23 heavy (non-hydrogen) atoms. The molecule has 1 aliphatic carbocycles. The fraction of sp³-hybridized carbons (Fsp3) is 0.389. The number of ether oxygens (including phenoxy) is 3. The summed E-state index contributed by atoms with van der Waals surface area (Å²) in [5, 5.41) is 0. The fourth-order valence-electron chi connectivity index (χ4n) is 2.78. The number of benzene rings is 1. The lowest BCUT2D eigenvalue weighted by Crippen LogP contribution is -2.52. The molecule has 1 aliphatic heterocycles. The third-order valence-electron chi connectivity index (χ3n) is 3.90. The van der Waals surface area contributed by atoms with Crippen LogP contribution in [0.5, 0.6) is 11.5 Å². The number of hydrogen-bond acceptors (Lipinski definition) is 5. The van der Waals surface area contributed by atoms with Crippen LogP contribution in [0.15, 0.2) is 42.5 Å². The molecule has 122 valence electrons. The second-order valence-electron chi connectivity index (χ2n) is 6.71. The molecule has 1 aromatic carbocycles. The van der Waals surface area contributed by atoms with Gasteiger partial charge in [0, 0.05) is 6.04 Å². The van der Waals surface area contributed by atoms with Crippen molar-refractivity contribution in [1.29, 1.82) is 0 Å². The highest BCUT2D eigenvalue weighted by atomic mass is 16.7. The normalized spacial score (nSPS) is 25.5. The number of carbonyl (C=O) groups is 1. The Hall–Kier alpha value is -2.27. The number of carbonyl (C=O) groups excluding carboxylic acids is 1. The largest absolute Gasteiger partial charge is 0.459 e. The van der Waals surface area contributed by atoms with E-state index in [4.69, 9.17) is 19.9 Å². The highest BCUT2D eigenvalue weighted by molar-refractivity contribution is 5.88. The van der Waals surface area contributed by atoms with Crippen molar-refractivity contribution in [2.45, 2.75) is 37.8 Å². The van der Waals surface area contributed by atoms with Crippen molar-refractivity contribution < 1.29 is 19.0 Å². The molecule has 0 saturated carbocycles. The van der Waals surface area contributed by atoms with E-state index in [2.05, 4.69) is 0 Å². The van der Waals surface area contributed by atoms with Crippen LogP contribution >= 0.6 is 0 Å². The molecule has 0 bridgehead atoms. The standard InChI is InChI=1S/C18H21NO4/c1-17(2,3)23-16(20)18(9-5-4-6-15(18)19)12-7-8-13-14(10-12)22-11-21-13/h4-10,15H,11,19H2,1-3H3. The molecular weight excluding hydrogens is 294 g/mol. The van der Waals surface area contributed by atoms with Crippen molar-refractivity contribution in [2.75, 3.05) is 6.79 Å². The summed E-state index contributed by atoms with van der Waals surface area (Å²) in [6, 6.07) is 4.90. The predicted octanol–water partition coefficient (Wildman–Crippen LogP) is 2.45. The fourth-order valence-corrected chi connectivity index (χ4v) is 2.78. The minimum atomic E-state index is -1.08. The van der Waals surface area contributed by atoms with Crippen LogP contribution in [-0.4, -0.2) is 24.4 Å². The molecule has 0 spiro atoms. The van der Waals surface area contributed by atoms with E-state index in [0.29, 0.717) is 11.5 Å². The Morgan fingerprint density at radius 3 is 2.70 bits per heavy atom. The molecule has 2 N–H and O–H groups in total. The van der Waals surface area contributed by atoms with Crippen LogP contribution in [0.1, 0.15) is 26.3 Å². The Morgan fingerprint density at radius 2 is 2.00 bits per heavy atom. The molecule has 2 aliphatic rings. The summed E-state index contributed by atoms with van der Waals surface area (Å²) in [6.07, 6.45) is 7.25. The van der Waals surface area contributed by atoms with Crippen molar-refractivity contribution in [2.24, 2.45) is 5.73 Å². The number of fused-ring (bicyclic) bond motifs is 1. The number of allylic oxidation sites excluding steroid dienone is 2. The molecule has 0 aromatic heterocycles. The number of rotatable bonds is 2. The lowest BCUT2D eigenvalue weighted by molar-refractivity contribution is -0.160. The molecule has 3 rings (SSSR count). The van der Waals surface area contributed by atoms with E-state index in [0.717, 1.165) is 5.56 Å². The van der Waals surface area contributed by atoms with Crippen molar-refractivity contribution in [3.05, 3.63) is 48.1 Å². The lowest BCUT2D eigenvalue weighted by Gasteiger charge is -2.37. The zero-order chi connectivity index (χ0) is 16.7. The van der Waals surface area contributed by atoms with Crippen LogP contribution in [0.4, 0.5) is 0 Å². The van der Waals surface area contributed by atoms with E-state index >= 15 is 0 Å². The van der Waals surface area contributed by atoms with E-state index in [9.17, 15) is 4.79 Å². The first kappa shape index (κ1) is 15.6. The summed E-state index contributed by atoms with van der Waals surface area (Å²) in [5.74, 6) is 0.898. The molecule has 0 radical (unpaired) electrons. The van der Waals surface area contributed by atoms with Gasteiger partial charge in [0.05, 0.1) is 0 Å². The van der Waals surface area contributed by atoms with Crippen LogP contribution in [0.25, 0.3) is 0 Å². The van der Waals surface area contributed by atoms with Gasteiger partial charge in [0.2, 0.25) is 6.79 Å². The first-order chi connectivity index (χ1) is 10.8. The summed E-state index contributed by atoms with van der Waals surface area (Å²) < 4.78 is 16.4. The molecule has 0 amide bonds. The Kier molecular flexibility index (Phi) is 3.68. The van der Waals surface area contributed by atoms with Gasteiger partial charge in [0.15, 0.2) is 11.5 Å². The molecule has 1 heterocycles. The Labute approximate surface area is 135 Å². The van der Waals surface area contributed by atoms with Gasteiger partial charge in [-0.1, -0.05) is 30.4 Å². The van der Waals surface area contributed by atoms with Crippen LogP contribution in [-0.2, 0) is 14.9 Å². The minimum absolute atomic E-state index is 0.181. The first-order valence-electron chi connectivity index (χ1n) is 7.58. The second-order valence-corrected chi connectivity index (χ2v) is 6.71. The third kappa shape index (κ3) is 2.72. The molecule has 1 aromatic rings. The summed E-state index contributed by atoms with van der Waals surface area (Å²) >= 11 is 0. The van der Waals surface area contributed by atoms with Crippen molar-refractivity contribution in [3.63, 3.8) is 0 Å². The van der Waals surface area contributed by atoms with Crippen molar-refractivity contribution >= 4 is 5.97 Å². The smallest absolute Gasteiger partial charge is 0.322 e. The first-order valence-corrected chi connectivity index (χ1v) is 7.58. The zero-order valence-electron chi connectivity index (χ0n) is 13.5. The lowest BCUT2D eigenvalue weighted by atomic mass is 9.72. The van der Waals surface area contributed by atoms with E-state index < -0.39 is 17.1 Å². The molecule has 5 heteroatoms. The summed E-state index contributed by atoms with van der Waals surface area (Å²) in [4.78, 5) is 13.0. The average Bonchev–Trinajstić information content (AvgIpc) is 2.93. The van der Waals surface area contributed by atoms with Crippen LogP contribution in [0, 0.1) is 0 Å². The minimum Gasteiger partial charge on any atom is -0.459 e.